The number of carbonyl (C=O) groups is 10. The molecule has 9 amide bonds. The van der Waals surface area contributed by atoms with Gasteiger partial charge < -0.3 is 104 Å². The molecule has 32 nitrogen and oxygen atoms in total. The first-order valence-electron chi connectivity index (χ1n) is 25.5. The van der Waals surface area contributed by atoms with Crippen LogP contribution in [0.15, 0.2) is 75.8 Å². The number of hydrogen-bond donors (Lipinski definition) is 19. The summed E-state index contributed by atoms with van der Waals surface area (Å²) in [5, 5.41) is 40.0. The summed E-state index contributed by atoms with van der Waals surface area (Å²) in [6, 6.07) is 4.81. The maximum atomic E-state index is 14.3. The summed E-state index contributed by atoms with van der Waals surface area (Å²) in [4.78, 5) is 148. The molecule has 0 bridgehead atoms. The third kappa shape index (κ3) is 24.3. The van der Waals surface area contributed by atoms with Crippen molar-refractivity contribution < 1.29 is 58.2 Å². The van der Waals surface area contributed by atoms with E-state index in [9.17, 15) is 58.2 Å². The number of nitrogens with one attached hydrogen (secondary N) is 9. The van der Waals surface area contributed by atoms with Crippen molar-refractivity contribution in [3.05, 3.63) is 71.9 Å². The van der Waals surface area contributed by atoms with Crippen LogP contribution in [0.2, 0.25) is 0 Å². The number of aromatic amines is 1. The van der Waals surface area contributed by atoms with Crippen LogP contribution in [0.25, 0.3) is 10.9 Å². The molecular formula is C49H74N20O12. The van der Waals surface area contributed by atoms with Crippen LogP contribution in [0.5, 0.6) is 0 Å². The van der Waals surface area contributed by atoms with Crippen molar-refractivity contribution in [1.82, 2.24) is 47.5 Å². The largest absolute Gasteiger partial charge is 0.480 e. The fourth-order valence-electron chi connectivity index (χ4n) is 7.85. The summed E-state index contributed by atoms with van der Waals surface area (Å²) < 4.78 is 0. The predicted molar refractivity (Wildman–Crippen MR) is 296 cm³/mol. The fraction of sp³-hybridized carbons (Fsp3) is 0.449. The van der Waals surface area contributed by atoms with Gasteiger partial charge in [-0.15, -0.1) is 0 Å². The molecule has 3 rings (SSSR count). The van der Waals surface area contributed by atoms with Crippen molar-refractivity contribution in [3.63, 3.8) is 0 Å². The average molecular weight is 1140 g/mol. The lowest BCUT2D eigenvalue weighted by atomic mass is 10.0. The minimum Gasteiger partial charge on any atom is -0.480 e. The van der Waals surface area contributed by atoms with Gasteiger partial charge in [0.25, 0.3) is 0 Å². The zero-order valence-electron chi connectivity index (χ0n) is 44.4. The number of guanidine groups is 3. The number of fused-ring (bicyclic) bond motifs is 1. The van der Waals surface area contributed by atoms with Crippen molar-refractivity contribution in [2.45, 2.75) is 100 Å². The molecule has 2 aromatic carbocycles. The van der Waals surface area contributed by atoms with Crippen LogP contribution in [0.4, 0.5) is 0 Å². The number of H-pyrrole nitrogens is 1. The molecule has 32 heteroatoms. The normalized spacial score (nSPS) is 13.4. The van der Waals surface area contributed by atoms with Gasteiger partial charge in [0.1, 0.15) is 42.3 Å². The Labute approximate surface area is 464 Å². The number of rotatable bonds is 36. The SMILES string of the molecule is NCC(=O)N[C@@H](CO)C(=O)N[C@@H](CCCN=C(N)N)C(=O)N[C@@H](CCCN=C(N)N)C(=O)N[C@@H](Cc1ccccc1)C(=O)NCC(=O)N[C@@H](Cc1c[nH]c2ccccc12)C(=O)N[C@@H](CC(N)=O)C(=O)N[C@@H](CCCN=C(N)N)C(=O)O. The number of carboxylic acid groups (broad SMARTS) is 1. The quantitative estimate of drug-likeness (QED) is 0.0146. The predicted octanol–water partition coefficient (Wildman–Crippen LogP) is -7.47. The summed E-state index contributed by atoms with van der Waals surface area (Å²) in [6.45, 7) is -2.14. The Hall–Kier alpha value is -9.59. The number of aliphatic carboxylic acids is 1. The highest BCUT2D eigenvalue weighted by molar-refractivity contribution is 5.98. The lowest BCUT2D eigenvalue weighted by Gasteiger charge is -2.26. The monoisotopic (exact) mass is 1130 g/mol. The van der Waals surface area contributed by atoms with Gasteiger partial charge in [-0.3, -0.25) is 58.1 Å². The molecule has 1 aromatic heterocycles. The van der Waals surface area contributed by atoms with E-state index in [0.717, 1.165) is 0 Å². The average Bonchev–Trinajstić information content (AvgIpc) is 3.91. The number of benzene rings is 2. The number of hydrogen-bond acceptors (Lipinski definition) is 15. The van der Waals surface area contributed by atoms with Crippen molar-refractivity contribution in [1.29, 1.82) is 0 Å². The van der Waals surface area contributed by atoms with Gasteiger partial charge in [-0.05, 0) is 55.7 Å². The van der Waals surface area contributed by atoms with E-state index in [1.807, 2.05) is 0 Å². The van der Waals surface area contributed by atoms with Crippen molar-refractivity contribution in [2.24, 2.45) is 60.8 Å². The number of aliphatic hydroxyl groups is 1. The zero-order valence-corrected chi connectivity index (χ0v) is 44.4. The standard InChI is InChI=1S/C49H74N20O12/c50-22-38(72)64-36(25-70)45(79)66-30(13-6-16-58-47(52)53)41(75)65-31(14-7-17-59-48(54)55)42(76)68-33(19-26-9-2-1-3-10-26)40(74)62-24-39(73)63-34(20-27-23-61-29-12-5-4-11-28(27)29)43(77)69-35(21-37(51)71)44(78)67-32(46(80)81)15-8-18-60-49(56)57/h1-5,9-12,23,30-36,61,70H,6-8,13-22,24-25,50H2,(H2,51,71)(H,62,74)(H,63,73)(H,64,72)(H,65,75)(H,66,79)(H,67,78)(H,68,76)(H,69,77)(H,80,81)(H4,52,53,58)(H4,54,55,59)(H4,56,57,60)/t30-,31-,32-,33-,34-,35-,36-/m0/s1. The topological polar surface area (TPSA) is 568 Å². The van der Waals surface area contributed by atoms with E-state index in [1.54, 1.807) is 60.8 Å². The van der Waals surface area contributed by atoms with Crippen LogP contribution >= 0.6 is 0 Å². The third-order valence-electron chi connectivity index (χ3n) is 11.9. The Morgan fingerprint density at radius 1 is 0.506 bits per heavy atom. The highest BCUT2D eigenvalue weighted by Gasteiger charge is 2.34. The van der Waals surface area contributed by atoms with Gasteiger partial charge in [-0.2, -0.15) is 0 Å². The fourth-order valence-corrected chi connectivity index (χ4v) is 7.85. The molecule has 3 aromatic rings. The number of nitrogens with two attached hydrogens (primary N) is 8. The Morgan fingerprint density at radius 3 is 1.47 bits per heavy atom. The number of aliphatic hydroxyl groups excluding tert-OH is 1. The minimum absolute atomic E-state index is 0.00494. The maximum Gasteiger partial charge on any atom is 0.326 e. The number of para-hydroxylation sites is 1. The highest BCUT2D eigenvalue weighted by Crippen LogP contribution is 2.19. The van der Waals surface area contributed by atoms with E-state index < -0.39 is 128 Å². The van der Waals surface area contributed by atoms with Crippen molar-refractivity contribution >= 4 is 87.9 Å². The van der Waals surface area contributed by atoms with Gasteiger partial charge in [-0.1, -0.05) is 48.5 Å². The Balaban J connectivity index is 1.93. The van der Waals surface area contributed by atoms with Gasteiger partial charge >= 0.3 is 5.97 Å². The molecule has 0 aliphatic heterocycles. The van der Waals surface area contributed by atoms with E-state index in [4.69, 9.17) is 45.9 Å². The Bertz CT molecular complexity index is 2730. The van der Waals surface area contributed by atoms with Crippen LogP contribution in [-0.2, 0) is 60.8 Å². The number of carboxylic acids is 1. The highest BCUT2D eigenvalue weighted by atomic mass is 16.4. The first-order valence-corrected chi connectivity index (χ1v) is 25.5. The van der Waals surface area contributed by atoms with E-state index in [0.29, 0.717) is 22.0 Å². The molecule has 0 aliphatic rings. The molecule has 0 radical (unpaired) electrons. The number of carbonyl (C=O) groups excluding carboxylic acids is 9. The first kappa shape index (κ1) is 65.7. The van der Waals surface area contributed by atoms with Crippen LogP contribution < -0.4 is 88.4 Å². The molecule has 0 fully saturated rings. The van der Waals surface area contributed by atoms with E-state index >= 15 is 0 Å². The summed E-state index contributed by atoms with van der Waals surface area (Å²) in [5.74, 6) is -10.7. The Kier molecular flexibility index (Phi) is 27.8. The molecule has 0 unspecified atom stereocenters. The van der Waals surface area contributed by atoms with E-state index in [1.165, 1.54) is 0 Å². The molecule has 81 heavy (non-hydrogen) atoms. The molecule has 442 valence electrons. The summed E-state index contributed by atoms with van der Waals surface area (Å²) in [7, 11) is 0. The number of aromatic nitrogens is 1. The number of aliphatic imine (C=N–C) groups is 3. The molecular weight excluding hydrogens is 1060 g/mol. The third-order valence-corrected chi connectivity index (χ3v) is 11.9. The first-order chi connectivity index (χ1) is 38.5. The second-order valence-electron chi connectivity index (χ2n) is 18.3. The lowest BCUT2D eigenvalue weighted by Crippen LogP contribution is -2.59. The molecule has 0 saturated carbocycles. The second-order valence-corrected chi connectivity index (χ2v) is 18.3. The smallest absolute Gasteiger partial charge is 0.326 e. The number of primary amides is 1. The van der Waals surface area contributed by atoms with Crippen LogP contribution in [-0.4, -0.2) is 174 Å². The van der Waals surface area contributed by atoms with Gasteiger partial charge in [0, 0.05) is 49.6 Å². The number of nitrogens with zero attached hydrogens (tertiary/aromatic N) is 3. The number of amides is 9. The van der Waals surface area contributed by atoms with Gasteiger partial charge in [0.05, 0.1) is 26.1 Å². The van der Waals surface area contributed by atoms with Gasteiger partial charge in [-0.25, -0.2) is 4.79 Å². The zero-order chi connectivity index (χ0) is 60.0. The van der Waals surface area contributed by atoms with Crippen LogP contribution in [0.1, 0.15) is 56.1 Å². The van der Waals surface area contributed by atoms with Crippen molar-refractivity contribution in [3.8, 4) is 0 Å². The van der Waals surface area contributed by atoms with E-state index in [-0.39, 0.29) is 88.9 Å². The Morgan fingerprint density at radius 2 is 0.951 bits per heavy atom. The van der Waals surface area contributed by atoms with Gasteiger partial charge in [0.15, 0.2) is 17.9 Å². The molecule has 1 heterocycles. The van der Waals surface area contributed by atoms with Gasteiger partial charge in [0.2, 0.25) is 53.2 Å². The summed E-state index contributed by atoms with van der Waals surface area (Å²) in [5.41, 5.74) is 45.1. The molecule has 0 spiro atoms. The van der Waals surface area contributed by atoms with Crippen LogP contribution in [0.3, 0.4) is 0 Å². The summed E-state index contributed by atoms with van der Waals surface area (Å²) in [6.07, 6.45) is 0.347. The summed E-state index contributed by atoms with van der Waals surface area (Å²) >= 11 is 0. The molecule has 0 saturated heterocycles. The molecule has 7 atom stereocenters. The minimum atomic E-state index is -1.73. The van der Waals surface area contributed by atoms with Crippen molar-refractivity contribution in [2.75, 3.05) is 39.3 Å². The van der Waals surface area contributed by atoms with E-state index in [2.05, 4.69) is 62.5 Å². The second kappa shape index (κ2) is 34.3. The van der Waals surface area contributed by atoms with Crippen LogP contribution in [0, 0.1) is 0 Å². The maximum absolute atomic E-state index is 14.3. The molecule has 27 N–H and O–H groups in total. The molecule has 0 aliphatic carbocycles. The lowest BCUT2D eigenvalue weighted by molar-refractivity contribution is -0.142.